The average Bonchev–Trinajstić information content (AvgIpc) is 3.02. The van der Waals surface area contributed by atoms with Crippen molar-refractivity contribution in [3.63, 3.8) is 0 Å². The van der Waals surface area contributed by atoms with Gasteiger partial charge < -0.3 is 5.32 Å². The predicted octanol–water partition coefficient (Wildman–Crippen LogP) is 3.22. The third-order valence-electron chi connectivity index (χ3n) is 5.48. The van der Waals surface area contributed by atoms with Crippen molar-refractivity contribution in [3.05, 3.63) is 70.8 Å². The molecule has 1 aliphatic heterocycles. The summed E-state index contributed by atoms with van der Waals surface area (Å²) in [5.74, 6) is -0.638. The summed E-state index contributed by atoms with van der Waals surface area (Å²) < 4.78 is 0. The van der Waals surface area contributed by atoms with E-state index in [1.807, 2.05) is 12.1 Å². The van der Waals surface area contributed by atoms with Crippen LogP contribution in [0, 0.1) is 0 Å². The molecule has 0 atom stereocenters. The van der Waals surface area contributed by atoms with E-state index in [1.54, 1.807) is 24.3 Å². The number of carbonyl (C=O) groups is 3. The van der Waals surface area contributed by atoms with Crippen LogP contribution in [0.3, 0.4) is 0 Å². The van der Waals surface area contributed by atoms with E-state index >= 15 is 0 Å². The summed E-state index contributed by atoms with van der Waals surface area (Å²) >= 11 is 0. The Morgan fingerprint density at radius 1 is 0.900 bits per heavy atom. The Labute approximate surface area is 177 Å². The van der Waals surface area contributed by atoms with Crippen LogP contribution in [0.4, 0.5) is 0 Å². The zero-order valence-electron chi connectivity index (χ0n) is 17.7. The van der Waals surface area contributed by atoms with Crippen LogP contribution in [0.1, 0.15) is 58.5 Å². The fourth-order valence-corrected chi connectivity index (χ4v) is 3.60. The summed E-state index contributed by atoms with van der Waals surface area (Å²) in [5.41, 5.74) is 3.19. The maximum absolute atomic E-state index is 12.3. The molecule has 6 heteroatoms. The van der Waals surface area contributed by atoms with E-state index in [-0.39, 0.29) is 30.7 Å². The lowest BCUT2D eigenvalue weighted by molar-refractivity contribution is -0.121. The van der Waals surface area contributed by atoms with Gasteiger partial charge in [-0.25, -0.2) is 0 Å². The quantitative estimate of drug-likeness (QED) is 0.614. The molecule has 1 aliphatic rings. The van der Waals surface area contributed by atoms with E-state index in [4.69, 9.17) is 0 Å². The zero-order chi connectivity index (χ0) is 21.5. The van der Waals surface area contributed by atoms with Gasteiger partial charge in [0.25, 0.3) is 11.8 Å². The van der Waals surface area contributed by atoms with Crippen LogP contribution < -0.4 is 5.32 Å². The SMILES string of the molecule is CCN(CC)Cc1ccc(CNC(=O)CCCN2C(=O)c3ccccc3C2=O)cc1. The number of fused-ring (bicyclic) bond motifs is 1. The minimum atomic E-state index is -0.277. The summed E-state index contributed by atoms with van der Waals surface area (Å²) in [4.78, 5) is 40.4. The molecule has 6 nitrogen and oxygen atoms in total. The van der Waals surface area contributed by atoms with E-state index in [2.05, 4.69) is 36.2 Å². The first-order valence-corrected chi connectivity index (χ1v) is 10.6. The van der Waals surface area contributed by atoms with E-state index in [0.29, 0.717) is 24.1 Å². The summed E-state index contributed by atoms with van der Waals surface area (Å²) in [5, 5.41) is 2.91. The zero-order valence-corrected chi connectivity index (χ0v) is 17.7. The molecule has 30 heavy (non-hydrogen) atoms. The van der Waals surface area contributed by atoms with Crippen molar-refractivity contribution in [3.8, 4) is 0 Å². The summed E-state index contributed by atoms with van der Waals surface area (Å²) in [6.07, 6.45) is 0.716. The van der Waals surface area contributed by atoms with Gasteiger partial charge >= 0.3 is 0 Å². The minimum Gasteiger partial charge on any atom is -0.352 e. The van der Waals surface area contributed by atoms with Gasteiger partial charge in [-0.1, -0.05) is 50.2 Å². The molecule has 0 aliphatic carbocycles. The fourth-order valence-electron chi connectivity index (χ4n) is 3.60. The van der Waals surface area contributed by atoms with Gasteiger partial charge in [-0.05, 0) is 42.8 Å². The highest BCUT2D eigenvalue weighted by Crippen LogP contribution is 2.22. The maximum Gasteiger partial charge on any atom is 0.261 e. The van der Waals surface area contributed by atoms with Crippen LogP contribution in [0.15, 0.2) is 48.5 Å². The third kappa shape index (κ3) is 5.13. The number of hydrogen-bond acceptors (Lipinski definition) is 4. The second-order valence-corrected chi connectivity index (χ2v) is 7.47. The molecular weight excluding hydrogens is 378 g/mol. The highest BCUT2D eigenvalue weighted by atomic mass is 16.2. The van der Waals surface area contributed by atoms with E-state index in [9.17, 15) is 14.4 Å². The summed E-state index contributed by atoms with van der Waals surface area (Å²) in [6, 6.07) is 15.1. The monoisotopic (exact) mass is 407 g/mol. The minimum absolute atomic E-state index is 0.0844. The molecule has 1 heterocycles. The Kier molecular flexibility index (Phi) is 7.36. The smallest absolute Gasteiger partial charge is 0.261 e. The first-order chi connectivity index (χ1) is 14.5. The molecule has 1 N–H and O–H groups in total. The number of carbonyl (C=O) groups excluding carboxylic acids is 3. The number of rotatable bonds is 10. The molecule has 2 aromatic carbocycles. The first kappa shape index (κ1) is 21.7. The van der Waals surface area contributed by atoms with Gasteiger partial charge in [0.05, 0.1) is 11.1 Å². The van der Waals surface area contributed by atoms with Gasteiger partial charge in [-0.15, -0.1) is 0 Å². The average molecular weight is 408 g/mol. The summed E-state index contributed by atoms with van der Waals surface area (Å²) in [7, 11) is 0. The molecule has 0 bridgehead atoms. The third-order valence-corrected chi connectivity index (χ3v) is 5.48. The van der Waals surface area contributed by atoms with Crippen molar-refractivity contribution in [2.45, 2.75) is 39.8 Å². The molecule has 0 spiro atoms. The standard InChI is InChI=1S/C24H29N3O3/c1-3-26(4-2)17-19-13-11-18(12-14-19)16-25-22(28)10-7-15-27-23(29)20-8-5-6-9-21(20)24(27)30/h5-6,8-9,11-14H,3-4,7,10,15-17H2,1-2H3,(H,25,28). The molecule has 0 fully saturated rings. The van der Waals surface area contributed by atoms with Gasteiger partial charge in [0, 0.05) is 26.1 Å². The largest absolute Gasteiger partial charge is 0.352 e. The maximum atomic E-state index is 12.3. The number of nitrogens with one attached hydrogen (secondary N) is 1. The van der Waals surface area contributed by atoms with Crippen LogP contribution in [0.25, 0.3) is 0 Å². The highest BCUT2D eigenvalue weighted by Gasteiger charge is 2.34. The summed E-state index contributed by atoms with van der Waals surface area (Å²) in [6.45, 7) is 8.00. The van der Waals surface area contributed by atoms with Crippen molar-refractivity contribution in [1.82, 2.24) is 15.1 Å². The van der Waals surface area contributed by atoms with E-state index in [0.717, 1.165) is 25.2 Å². The van der Waals surface area contributed by atoms with Gasteiger partial charge in [0.1, 0.15) is 0 Å². The van der Waals surface area contributed by atoms with Gasteiger partial charge in [0.2, 0.25) is 5.91 Å². The first-order valence-electron chi connectivity index (χ1n) is 10.6. The number of amides is 3. The Bertz CT molecular complexity index is 869. The topological polar surface area (TPSA) is 69.7 Å². The molecule has 0 saturated heterocycles. The van der Waals surface area contributed by atoms with Crippen molar-refractivity contribution in [1.29, 1.82) is 0 Å². The predicted molar refractivity (Wildman–Crippen MR) is 116 cm³/mol. The molecule has 3 amide bonds. The molecule has 3 rings (SSSR count). The van der Waals surface area contributed by atoms with Crippen LogP contribution in [0.2, 0.25) is 0 Å². The van der Waals surface area contributed by atoms with Gasteiger partial charge in [0.15, 0.2) is 0 Å². The van der Waals surface area contributed by atoms with Crippen molar-refractivity contribution in [2.75, 3.05) is 19.6 Å². The molecule has 0 radical (unpaired) electrons. The van der Waals surface area contributed by atoms with Crippen molar-refractivity contribution < 1.29 is 14.4 Å². The Morgan fingerprint density at radius 3 is 2.03 bits per heavy atom. The number of benzene rings is 2. The van der Waals surface area contributed by atoms with Crippen LogP contribution in [-0.2, 0) is 17.9 Å². The van der Waals surface area contributed by atoms with E-state index < -0.39 is 0 Å². The molecule has 0 aromatic heterocycles. The Hall–Kier alpha value is -2.99. The number of nitrogens with zero attached hydrogens (tertiary/aromatic N) is 2. The highest BCUT2D eigenvalue weighted by molar-refractivity contribution is 6.21. The van der Waals surface area contributed by atoms with Crippen LogP contribution in [-0.4, -0.2) is 47.2 Å². The van der Waals surface area contributed by atoms with Crippen molar-refractivity contribution in [2.24, 2.45) is 0 Å². The lowest BCUT2D eigenvalue weighted by Crippen LogP contribution is -2.32. The van der Waals surface area contributed by atoms with Gasteiger partial charge in [-0.2, -0.15) is 0 Å². The lowest BCUT2D eigenvalue weighted by atomic mass is 10.1. The van der Waals surface area contributed by atoms with Crippen molar-refractivity contribution >= 4 is 17.7 Å². The normalized spacial score (nSPS) is 13.1. The second-order valence-electron chi connectivity index (χ2n) is 7.47. The fraction of sp³-hybridized carbons (Fsp3) is 0.375. The Balaban J connectivity index is 1.40. The Morgan fingerprint density at radius 2 is 1.47 bits per heavy atom. The molecular formula is C24H29N3O3. The molecule has 2 aromatic rings. The van der Waals surface area contributed by atoms with Gasteiger partial charge in [-0.3, -0.25) is 24.2 Å². The molecule has 158 valence electrons. The number of imide groups is 1. The number of hydrogen-bond donors (Lipinski definition) is 1. The molecule has 0 saturated carbocycles. The van der Waals surface area contributed by atoms with Crippen LogP contribution >= 0.6 is 0 Å². The second kappa shape index (κ2) is 10.2. The van der Waals surface area contributed by atoms with Crippen LogP contribution in [0.5, 0.6) is 0 Å². The van der Waals surface area contributed by atoms with E-state index in [1.165, 1.54) is 10.5 Å². The lowest BCUT2D eigenvalue weighted by Gasteiger charge is -2.18. The molecule has 0 unspecified atom stereocenters.